The second kappa shape index (κ2) is 6.98. The van der Waals surface area contributed by atoms with Crippen LogP contribution in [0.1, 0.15) is 12.1 Å². The van der Waals surface area contributed by atoms with Crippen LogP contribution < -0.4 is 0 Å². The van der Waals surface area contributed by atoms with Crippen LogP contribution in [-0.2, 0) is 11.2 Å². The largest absolute Gasteiger partial charge is 0.481 e. The SMILES string of the molecule is O=C(O)CCc1cc(-c2ccc(Cl)cc2)n(-c2ccc(Cl)nn2)n1. The van der Waals surface area contributed by atoms with Crippen LogP contribution in [0.2, 0.25) is 10.2 Å². The number of nitrogens with zero attached hydrogens (tertiary/aromatic N) is 4. The molecule has 1 aromatic carbocycles. The van der Waals surface area contributed by atoms with Crippen molar-refractivity contribution in [3.05, 3.63) is 58.3 Å². The highest BCUT2D eigenvalue weighted by Gasteiger charge is 2.14. The van der Waals surface area contributed by atoms with Gasteiger partial charge in [0, 0.05) is 17.0 Å². The molecule has 0 spiro atoms. The fraction of sp³-hybridized carbons (Fsp3) is 0.125. The lowest BCUT2D eigenvalue weighted by Gasteiger charge is -2.06. The average molecular weight is 363 g/mol. The molecular weight excluding hydrogens is 351 g/mol. The summed E-state index contributed by atoms with van der Waals surface area (Å²) in [5.74, 6) is -0.380. The highest BCUT2D eigenvalue weighted by atomic mass is 35.5. The zero-order valence-electron chi connectivity index (χ0n) is 12.4. The molecule has 2 aromatic heterocycles. The third-order valence-corrected chi connectivity index (χ3v) is 3.78. The molecule has 3 aromatic rings. The highest BCUT2D eigenvalue weighted by molar-refractivity contribution is 6.30. The summed E-state index contributed by atoms with van der Waals surface area (Å²) in [6, 6.07) is 12.4. The zero-order chi connectivity index (χ0) is 17.1. The van der Waals surface area contributed by atoms with E-state index in [1.54, 1.807) is 28.9 Å². The lowest BCUT2D eigenvalue weighted by atomic mass is 10.1. The number of aryl methyl sites for hydroxylation is 1. The summed E-state index contributed by atoms with van der Waals surface area (Å²) in [6.45, 7) is 0. The van der Waals surface area contributed by atoms with Crippen LogP contribution in [0.3, 0.4) is 0 Å². The van der Waals surface area contributed by atoms with E-state index in [2.05, 4.69) is 15.3 Å². The molecule has 0 unspecified atom stereocenters. The first-order valence-electron chi connectivity index (χ1n) is 7.09. The molecule has 0 bridgehead atoms. The van der Waals surface area contributed by atoms with Crippen molar-refractivity contribution in [3.63, 3.8) is 0 Å². The number of rotatable bonds is 5. The van der Waals surface area contributed by atoms with Gasteiger partial charge in [0.2, 0.25) is 0 Å². The van der Waals surface area contributed by atoms with Gasteiger partial charge in [-0.25, -0.2) is 4.68 Å². The van der Waals surface area contributed by atoms with Crippen LogP contribution in [-0.4, -0.2) is 31.1 Å². The van der Waals surface area contributed by atoms with Crippen LogP contribution in [0.15, 0.2) is 42.5 Å². The highest BCUT2D eigenvalue weighted by Crippen LogP contribution is 2.25. The van der Waals surface area contributed by atoms with E-state index in [9.17, 15) is 4.79 Å². The molecule has 0 atom stereocenters. The molecule has 0 saturated heterocycles. The summed E-state index contributed by atoms with van der Waals surface area (Å²) in [5.41, 5.74) is 2.30. The predicted molar refractivity (Wildman–Crippen MR) is 90.6 cm³/mol. The Labute approximate surface area is 147 Å². The summed E-state index contributed by atoms with van der Waals surface area (Å²) in [5, 5.41) is 22.1. The minimum atomic E-state index is -0.871. The normalized spacial score (nSPS) is 10.8. The molecule has 2 heterocycles. The number of aliphatic carboxylic acids is 1. The molecule has 8 heteroatoms. The van der Waals surface area contributed by atoms with E-state index in [0.717, 1.165) is 11.3 Å². The Morgan fingerprint density at radius 2 is 1.83 bits per heavy atom. The van der Waals surface area contributed by atoms with E-state index < -0.39 is 5.97 Å². The molecule has 0 aliphatic heterocycles. The Hall–Kier alpha value is -2.44. The van der Waals surface area contributed by atoms with Crippen molar-refractivity contribution >= 4 is 29.2 Å². The predicted octanol–water partition coefficient (Wildman–Crippen LogP) is 3.65. The number of carboxylic acid groups (broad SMARTS) is 1. The molecule has 0 saturated carbocycles. The molecule has 122 valence electrons. The van der Waals surface area contributed by atoms with E-state index in [4.69, 9.17) is 28.3 Å². The van der Waals surface area contributed by atoms with E-state index in [1.165, 1.54) is 0 Å². The third-order valence-electron chi connectivity index (χ3n) is 3.33. The zero-order valence-corrected chi connectivity index (χ0v) is 13.9. The lowest BCUT2D eigenvalue weighted by Crippen LogP contribution is -2.04. The van der Waals surface area contributed by atoms with Gasteiger partial charge in [-0.3, -0.25) is 4.79 Å². The Bertz CT molecular complexity index is 798. The first kappa shape index (κ1) is 16.4. The summed E-state index contributed by atoms with van der Waals surface area (Å²) >= 11 is 11.7. The molecule has 0 amide bonds. The van der Waals surface area contributed by atoms with Crippen LogP contribution >= 0.6 is 23.2 Å². The number of benzene rings is 1. The van der Waals surface area contributed by atoms with Crippen molar-refractivity contribution in [2.45, 2.75) is 12.8 Å². The van der Waals surface area contributed by atoms with E-state index in [1.807, 2.05) is 18.2 Å². The van der Waals surface area contributed by atoms with Crippen molar-refractivity contribution in [3.8, 4) is 17.1 Å². The monoisotopic (exact) mass is 362 g/mol. The molecule has 1 N–H and O–H groups in total. The molecule has 24 heavy (non-hydrogen) atoms. The summed E-state index contributed by atoms with van der Waals surface area (Å²) < 4.78 is 1.61. The number of carboxylic acids is 1. The molecule has 3 rings (SSSR count). The summed E-state index contributed by atoms with van der Waals surface area (Å²) in [7, 11) is 0. The average Bonchev–Trinajstić information content (AvgIpc) is 2.98. The van der Waals surface area contributed by atoms with E-state index >= 15 is 0 Å². The third kappa shape index (κ3) is 3.72. The first-order chi connectivity index (χ1) is 11.5. The van der Waals surface area contributed by atoms with Crippen LogP contribution in [0.5, 0.6) is 0 Å². The molecular formula is C16H12Cl2N4O2. The number of hydrogen-bond donors (Lipinski definition) is 1. The standard InChI is InChI=1S/C16H12Cl2N4O2/c17-11-3-1-10(2-4-11)13-9-12(5-8-16(23)24)21-22(13)15-7-6-14(18)19-20-15/h1-4,6-7,9H,5,8H2,(H,23,24). The van der Waals surface area contributed by atoms with Gasteiger partial charge in [-0.15, -0.1) is 10.2 Å². The topological polar surface area (TPSA) is 80.9 Å². The van der Waals surface area contributed by atoms with Gasteiger partial charge in [-0.1, -0.05) is 35.3 Å². The molecule has 0 fully saturated rings. The van der Waals surface area contributed by atoms with Gasteiger partial charge in [0.1, 0.15) is 0 Å². The lowest BCUT2D eigenvalue weighted by molar-refractivity contribution is -0.136. The van der Waals surface area contributed by atoms with Crippen LogP contribution in [0, 0.1) is 0 Å². The van der Waals surface area contributed by atoms with Crippen molar-refractivity contribution in [2.24, 2.45) is 0 Å². The first-order valence-corrected chi connectivity index (χ1v) is 7.85. The Morgan fingerprint density at radius 3 is 2.46 bits per heavy atom. The van der Waals surface area contributed by atoms with E-state index in [0.29, 0.717) is 23.0 Å². The quantitative estimate of drug-likeness (QED) is 0.748. The van der Waals surface area contributed by atoms with Gasteiger partial charge in [-0.2, -0.15) is 5.10 Å². The fourth-order valence-electron chi connectivity index (χ4n) is 2.21. The fourth-order valence-corrected chi connectivity index (χ4v) is 2.44. The minimum Gasteiger partial charge on any atom is -0.481 e. The van der Waals surface area contributed by atoms with Gasteiger partial charge in [0.05, 0.1) is 17.8 Å². The second-order valence-corrected chi connectivity index (χ2v) is 5.87. The minimum absolute atomic E-state index is 0.00334. The van der Waals surface area contributed by atoms with Crippen molar-refractivity contribution in [2.75, 3.05) is 0 Å². The van der Waals surface area contributed by atoms with Crippen LogP contribution in [0.25, 0.3) is 17.1 Å². The van der Waals surface area contributed by atoms with Crippen LogP contribution in [0.4, 0.5) is 0 Å². The maximum Gasteiger partial charge on any atom is 0.303 e. The van der Waals surface area contributed by atoms with Crippen molar-refractivity contribution in [1.29, 1.82) is 0 Å². The Balaban J connectivity index is 2.05. The maximum atomic E-state index is 10.8. The molecule has 6 nitrogen and oxygen atoms in total. The number of halogens is 2. The van der Waals surface area contributed by atoms with Gasteiger partial charge >= 0.3 is 5.97 Å². The number of aromatic nitrogens is 4. The smallest absolute Gasteiger partial charge is 0.303 e. The number of hydrogen-bond acceptors (Lipinski definition) is 4. The molecule has 0 aliphatic carbocycles. The molecule has 0 aliphatic rings. The Morgan fingerprint density at radius 1 is 1.08 bits per heavy atom. The van der Waals surface area contributed by atoms with Gasteiger partial charge in [-0.05, 0) is 30.3 Å². The van der Waals surface area contributed by atoms with Gasteiger partial charge < -0.3 is 5.11 Å². The van der Waals surface area contributed by atoms with E-state index in [-0.39, 0.29) is 11.6 Å². The Kier molecular flexibility index (Phi) is 4.78. The summed E-state index contributed by atoms with van der Waals surface area (Å²) in [4.78, 5) is 10.8. The van der Waals surface area contributed by atoms with Gasteiger partial charge in [0.15, 0.2) is 11.0 Å². The van der Waals surface area contributed by atoms with Crippen molar-refractivity contribution in [1.82, 2.24) is 20.0 Å². The second-order valence-electron chi connectivity index (χ2n) is 5.05. The van der Waals surface area contributed by atoms with Crippen molar-refractivity contribution < 1.29 is 9.90 Å². The summed E-state index contributed by atoms with van der Waals surface area (Å²) in [6.07, 6.45) is 0.327. The number of carbonyl (C=O) groups is 1. The van der Waals surface area contributed by atoms with Gasteiger partial charge in [0.25, 0.3) is 0 Å². The maximum absolute atomic E-state index is 10.8. The molecule has 0 radical (unpaired) electrons.